The quantitative estimate of drug-likeness (QED) is 0.521. The van der Waals surface area contributed by atoms with E-state index in [2.05, 4.69) is 11.0 Å². The highest BCUT2D eigenvalue weighted by molar-refractivity contribution is 5.91. The summed E-state index contributed by atoms with van der Waals surface area (Å²) < 4.78 is 5.15. The number of fused-ring (bicyclic) bond motifs is 1. The van der Waals surface area contributed by atoms with Gasteiger partial charge in [-0.25, -0.2) is 4.79 Å². The zero-order valence-electron chi connectivity index (χ0n) is 7.86. The number of nitrogens with zero attached hydrogens (tertiary/aromatic N) is 1. The fraction of sp³-hybridized carbons (Fsp3) is 0.500. The van der Waals surface area contributed by atoms with Gasteiger partial charge in [-0.1, -0.05) is 18.2 Å². The normalized spacial score (nSPS) is 33.7. The van der Waals surface area contributed by atoms with Crippen LogP contribution in [0.15, 0.2) is 23.8 Å². The third-order valence-corrected chi connectivity index (χ3v) is 2.71. The zero-order chi connectivity index (χ0) is 9.42. The lowest BCUT2D eigenvalue weighted by Crippen LogP contribution is -2.49. The summed E-state index contributed by atoms with van der Waals surface area (Å²) in [4.78, 5) is 13.5. The third-order valence-electron chi connectivity index (χ3n) is 2.71. The highest BCUT2D eigenvalue weighted by atomic mass is 16.6. The SMILES string of the molecule is CC1OC(=O)C2=CC=CCC2N1C. The number of esters is 1. The van der Waals surface area contributed by atoms with Crippen molar-refractivity contribution in [2.75, 3.05) is 7.05 Å². The Balaban J connectivity index is 2.31. The van der Waals surface area contributed by atoms with E-state index in [9.17, 15) is 4.79 Å². The summed E-state index contributed by atoms with van der Waals surface area (Å²) in [5.41, 5.74) is 0.781. The van der Waals surface area contributed by atoms with Crippen molar-refractivity contribution in [1.82, 2.24) is 4.90 Å². The molecule has 0 spiro atoms. The van der Waals surface area contributed by atoms with Crippen molar-refractivity contribution in [2.45, 2.75) is 25.6 Å². The number of cyclic esters (lactones) is 1. The molecule has 0 N–H and O–H groups in total. The number of carbonyl (C=O) groups excluding carboxylic acids is 1. The largest absolute Gasteiger partial charge is 0.443 e. The molecule has 0 aromatic carbocycles. The number of carbonyl (C=O) groups is 1. The minimum Gasteiger partial charge on any atom is -0.443 e. The lowest BCUT2D eigenvalue weighted by Gasteiger charge is -2.38. The van der Waals surface area contributed by atoms with Crippen LogP contribution in [-0.4, -0.2) is 30.2 Å². The second kappa shape index (κ2) is 3.00. The van der Waals surface area contributed by atoms with Crippen LogP contribution in [0.5, 0.6) is 0 Å². The predicted octanol–water partition coefficient (Wildman–Crippen LogP) is 1.08. The van der Waals surface area contributed by atoms with Gasteiger partial charge < -0.3 is 4.74 Å². The molecule has 0 amide bonds. The minimum atomic E-state index is -0.167. The molecular formula is C10H13NO2. The molecule has 70 valence electrons. The Hall–Kier alpha value is -1.09. The molecule has 1 aliphatic carbocycles. The first-order valence-electron chi connectivity index (χ1n) is 4.50. The number of ether oxygens (including phenoxy) is 1. The monoisotopic (exact) mass is 179 g/mol. The summed E-state index contributed by atoms with van der Waals surface area (Å²) in [6.07, 6.45) is 6.63. The summed E-state index contributed by atoms with van der Waals surface area (Å²) in [6, 6.07) is 0.209. The molecule has 1 saturated heterocycles. The van der Waals surface area contributed by atoms with Gasteiger partial charge in [0.15, 0.2) is 6.23 Å². The van der Waals surface area contributed by atoms with Gasteiger partial charge in [-0.2, -0.15) is 0 Å². The molecule has 0 radical (unpaired) electrons. The summed E-state index contributed by atoms with van der Waals surface area (Å²) in [5, 5.41) is 0. The molecule has 0 aromatic heterocycles. The van der Waals surface area contributed by atoms with E-state index in [1.54, 1.807) is 0 Å². The number of hydrogen-bond donors (Lipinski definition) is 0. The van der Waals surface area contributed by atoms with Gasteiger partial charge in [0.25, 0.3) is 0 Å². The average Bonchev–Trinajstić information content (AvgIpc) is 2.15. The molecule has 2 atom stereocenters. The molecule has 0 saturated carbocycles. The van der Waals surface area contributed by atoms with Crippen molar-refractivity contribution in [3.05, 3.63) is 23.8 Å². The van der Waals surface area contributed by atoms with E-state index in [1.807, 2.05) is 26.1 Å². The molecular weight excluding hydrogens is 166 g/mol. The Bertz CT molecular complexity index is 293. The van der Waals surface area contributed by atoms with Gasteiger partial charge in [-0.05, 0) is 20.4 Å². The van der Waals surface area contributed by atoms with Gasteiger partial charge >= 0.3 is 5.97 Å². The van der Waals surface area contributed by atoms with Crippen LogP contribution in [0.2, 0.25) is 0 Å². The Kier molecular flexibility index (Phi) is 1.96. The molecule has 2 aliphatic rings. The molecule has 1 fully saturated rings. The lowest BCUT2D eigenvalue weighted by molar-refractivity contribution is -0.161. The Morgan fingerprint density at radius 1 is 1.62 bits per heavy atom. The van der Waals surface area contributed by atoms with Gasteiger partial charge in [0.2, 0.25) is 0 Å². The van der Waals surface area contributed by atoms with Crippen LogP contribution in [0, 0.1) is 0 Å². The summed E-state index contributed by atoms with van der Waals surface area (Å²) in [5.74, 6) is -0.167. The maximum Gasteiger partial charge on any atom is 0.337 e. The first-order valence-corrected chi connectivity index (χ1v) is 4.50. The first-order chi connectivity index (χ1) is 6.20. The molecule has 0 aromatic rings. The highest BCUT2D eigenvalue weighted by Gasteiger charge is 2.35. The van der Waals surface area contributed by atoms with Crippen molar-refractivity contribution >= 4 is 5.97 Å². The molecule has 1 heterocycles. The van der Waals surface area contributed by atoms with Crippen LogP contribution in [0.25, 0.3) is 0 Å². The van der Waals surface area contributed by atoms with Crippen LogP contribution >= 0.6 is 0 Å². The maximum atomic E-state index is 11.4. The van der Waals surface area contributed by atoms with Crippen LogP contribution in [-0.2, 0) is 9.53 Å². The molecule has 13 heavy (non-hydrogen) atoms. The van der Waals surface area contributed by atoms with Gasteiger partial charge in [0.05, 0.1) is 5.57 Å². The van der Waals surface area contributed by atoms with Crippen molar-refractivity contribution in [2.24, 2.45) is 0 Å². The molecule has 1 aliphatic heterocycles. The topological polar surface area (TPSA) is 29.5 Å². The summed E-state index contributed by atoms with van der Waals surface area (Å²) in [6.45, 7) is 1.90. The lowest BCUT2D eigenvalue weighted by atomic mass is 9.96. The van der Waals surface area contributed by atoms with Crippen molar-refractivity contribution in [1.29, 1.82) is 0 Å². The average molecular weight is 179 g/mol. The second-order valence-corrected chi connectivity index (χ2v) is 3.47. The number of rotatable bonds is 0. The van der Waals surface area contributed by atoms with Gasteiger partial charge in [-0.15, -0.1) is 0 Å². The summed E-state index contributed by atoms with van der Waals surface area (Å²) in [7, 11) is 1.98. The van der Waals surface area contributed by atoms with E-state index < -0.39 is 0 Å². The van der Waals surface area contributed by atoms with E-state index in [4.69, 9.17) is 4.74 Å². The van der Waals surface area contributed by atoms with Gasteiger partial charge in [-0.3, -0.25) is 4.90 Å². The minimum absolute atomic E-state index is 0.110. The van der Waals surface area contributed by atoms with Crippen molar-refractivity contribution < 1.29 is 9.53 Å². The fourth-order valence-electron chi connectivity index (χ4n) is 1.77. The highest BCUT2D eigenvalue weighted by Crippen LogP contribution is 2.26. The Labute approximate surface area is 77.7 Å². The smallest absolute Gasteiger partial charge is 0.337 e. The summed E-state index contributed by atoms with van der Waals surface area (Å²) >= 11 is 0. The molecule has 3 heteroatoms. The van der Waals surface area contributed by atoms with Gasteiger partial charge in [0.1, 0.15) is 0 Å². The van der Waals surface area contributed by atoms with Crippen LogP contribution in [0.3, 0.4) is 0 Å². The molecule has 2 unspecified atom stereocenters. The fourth-order valence-corrected chi connectivity index (χ4v) is 1.77. The Morgan fingerprint density at radius 3 is 3.15 bits per heavy atom. The standard InChI is InChI=1S/C10H13NO2/c1-7-11(2)9-6-4-3-5-8(9)10(12)13-7/h3-5,7,9H,6H2,1-2H3. The molecule has 3 nitrogen and oxygen atoms in total. The maximum absolute atomic E-state index is 11.4. The first kappa shape index (κ1) is 8.51. The number of likely N-dealkylation sites (N-methyl/N-ethyl adjacent to an activating group) is 1. The van der Waals surface area contributed by atoms with E-state index >= 15 is 0 Å². The van der Waals surface area contributed by atoms with Crippen LogP contribution < -0.4 is 0 Å². The zero-order valence-corrected chi connectivity index (χ0v) is 7.86. The van der Waals surface area contributed by atoms with E-state index in [1.165, 1.54) is 0 Å². The predicted molar refractivity (Wildman–Crippen MR) is 48.9 cm³/mol. The number of hydrogen-bond acceptors (Lipinski definition) is 3. The second-order valence-electron chi connectivity index (χ2n) is 3.47. The van der Waals surface area contributed by atoms with E-state index in [-0.39, 0.29) is 18.2 Å². The molecule has 0 bridgehead atoms. The number of allylic oxidation sites excluding steroid dienone is 2. The van der Waals surface area contributed by atoms with E-state index in [0.717, 1.165) is 12.0 Å². The van der Waals surface area contributed by atoms with Crippen molar-refractivity contribution in [3.8, 4) is 0 Å². The van der Waals surface area contributed by atoms with E-state index in [0.29, 0.717) is 0 Å². The Morgan fingerprint density at radius 2 is 2.38 bits per heavy atom. The van der Waals surface area contributed by atoms with Crippen LogP contribution in [0.1, 0.15) is 13.3 Å². The van der Waals surface area contributed by atoms with Crippen molar-refractivity contribution in [3.63, 3.8) is 0 Å². The van der Waals surface area contributed by atoms with Crippen LogP contribution in [0.4, 0.5) is 0 Å². The third kappa shape index (κ3) is 1.29. The van der Waals surface area contributed by atoms with Gasteiger partial charge in [0, 0.05) is 6.04 Å². The molecule has 2 rings (SSSR count).